The lowest BCUT2D eigenvalue weighted by molar-refractivity contribution is 0.559. The van der Waals surface area contributed by atoms with Crippen molar-refractivity contribution in [3.8, 4) is 0 Å². The fraction of sp³-hybridized carbons (Fsp3) is 0.273. The van der Waals surface area contributed by atoms with Crippen LogP contribution in [0.5, 0.6) is 0 Å². The molecule has 0 fully saturated rings. The molecule has 2 rings (SSSR count). The summed E-state index contributed by atoms with van der Waals surface area (Å²) in [6, 6.07) is 5.78. The van der Waals surface area contributed by atoms with Crippen LogP contribution in [0.4, 0.5) is 0 Å². The number of nitrogens with two attached hydrogens (primary N) is 1. The van der Waals surface area contributed by atoms with Gasteiger partial charge < -0.3 is 10.7 Å². The average Bonchev–Trinajstić information content (AvgIpc) is 2.45. The van der Waals surface area contributed by atoms with Gasteiger partial charge in [0.1, 0.15) is 0 Å². The maximum Gasteiger partial charge on any atom is 0.0458 e. The first-order valence-electron chi connectivity index (χ1n) is 4.54. The van der Waals surface area contributed by atoms with Gasteiger partial charge in [-0.15, -0.1) is 0 Å². The minimum atomic E-state index is -0.344. The third kappa shape index (κ3) is 1.51. The first-order chi connectivity index (χ1) is 6.48. The molecule has 3 N–H and O–H groups in total. The number of fused-ring (bicyclic) bond motifs is 1. The predicted molar refractivity (Wildman–Crippen MR) is 60.5 cm³/mol. The molecule has 0 aliphatic carbocycles. The van der Waals surface area contributed by atoms with E-state index in [2.05, 4.69) is 4.98 Å². The topological polar surface area (TPSA) is 41.8 Å². The summed E-state index contributed by atoms with van der Waals surface area (Å²) in [5.41, 5.74) is 7.87. The summed E-state index contributed by atoms with van der Waals surface area (Å²) in [6.45, 7) is 3.97. The highest BCUT2D eigenvalue weighted by molar-refractivity contribution is 6.31. The number of nitrogens with one attached hydrogen (secondary N) is 1. The molecule has 0 radical (unpaired) electrons. The Balaban J connectivity index is 2.73. The highest BCUT2D eigenvalue weighted by Gasteiger charge is 2.18. The molecule has 2 nitrogen and oxygen atoms in total. The number of halogens is 1. The van der Waals surface area contributed by atoms with Crippen LogP contribution in [0.2, 0.25) is 5.02 Å². The van der Waals surface area contributed by atoms with Gasteiger partial charge in [0.2, 0.25) is 0 Å². The smallest absolute Gasteiger partial charge is 0.0458 e. The van der Waals surface area contributed by atoms with E-state index in [4.69, 9.17) is 17.3 Å². The Morgan fingerprint density at radius 3 is 2.71 bits per heavy atom. The lowest BCUT2D eigenvalue weighted by atomic mass is 9.95. The van der Waals surface area contributed by atoms with Crippen molar-refractivity contribution in [3.63, 3.8) is 0 Å². The van der Waals surface area contributed by atoms with Gasteiger partial charge in [-0.3, -0.25) is 0 Å². The van der Waals surface area contributed by atoms with Gasteiger partial charge in [-0.1, -0.05) is 11.6 Å². The molecule has 0 saturated heterocycles. The zero-order valence-electron chi connectivity index (χ0n) is 8.26. The second-order valence-corrected chi connectivity index (χ2v) is 4.55. The van der Waals surface area contributed by atoms with Crippen LogP contribution < -0.4 is 5.73 Å². The maximum absolute atomic E-state index is 6.05. The number of aromatic nitrogens is 1. The summed E-state index contributed by atoms with van der Waals surface area (Å²) in [5, 5.41) is 1.84. The molecule has 14 heavy (non-hydrogen) atoms. The Bertz CT molecular complexity index is 466. The quantitative estimate of drug-likeness (QED) is 0.743. The molecule has 0 saturated carbocycles. The van der Waals surface area contributed by atoms with Crippen molar-refractivity contribution in [2.45, 2.75) is 19.4 Å². The van der Waals surface area contributed by atoms with Crippen LogP contribution in [0.15, 0.2) is 24.4 Å². The largest absolute Gasteiger partial charge is 0.361 e. The lowest BCUT2D eigenvalue weighted by Gasteiger charge is -2.17. The van der Waals surface area contributed by atoms with E-state index in [1.807, 2.05) is 38.2 Å². The van der Waals surface area contributed by atoms with Gasteiger partial charge in [-0.2, -0.15) is 0 Å². The molecule has 74 valence electrons. The van der Waals surface area contributed by atoms with E-state index in [0.29, 0.717) is 0 Å². The van der Waals surface area contributed by atoms with E-state index < -0.39 is 0 Å². The lowest BCUT2D eigenvalue weighted by Crippen LogP contribution is -2.28. The van der Waals surface area contributed by atoms with Gasteiger partial charge in [-0.25, -0.2) is 0 Å². The van der Waals surface area contributed by atoms with Crippen LogP contribution in [0, 0.1) is 0 Å². The summed E-state index contributed by atoms with van der Waals surface area (Å²) in [5.74, 6) is 0. The fourth-order valence-electron chi connectivity index (χ4n) is 1.63. The molecule has 0 atom stereocenters. The first kappa shape index (κ1) is 9.56. The predicted octanol–water partition coefficient (Wildman–Crippen LogP) is 3.02. The Kier molecular flexibility index (Phi) is 2.05. The van der Waals surface area contributed by atoms with E-state index in [1.54, 1.807) is 0 Å². The van der Waals surface area contributed by atoms with Crippen LogP contribution in [-0.4, -0.2) is 4.98 Å². The van der Waals surface area contributed by atoms with Gasteiger partial charge in [0.15, 0.2) is 0 Å². The molecule has 0 aliphatic heterocycles. The van der Waals surface area contributed by atoms with E-state index >= 15 is 0 Å². The molecule has 0 amide bonds. The van der Waals surface area contributed by atoms with Crippen LogP contribution in [0.3, 0.4) is 0 Å². The van der Waals surface area contributed by atoms with Crippen molar-refractivity contribution < 1.29 is 0 Å². The number of rotatable bonds is 1. The molecule has 1 aromatic heterocycles. The van der Waals surface area contributed by atoms with Crippen LogP contribution in [0.25, 0.3) is 10.9 Å². The molecule has 0 spiro atoms. The first-order valence-corrected chi connectivity index (χ1v) is 4.92. The number of aromatic amines is 1. The summed E-state index contributed by atoms with van der Waals surface area (Å²) in [6.07, 6.45) is 1.95. The summed E-state index contributed by atoms with van der Waals surface area (Å²) in [7, 11) is 0. The minimum absolute atomic E-state index is 0.344. The van der Waals surface area contributed by atoms with Crippen molar-refractivity contribution >= 4 is 22.5 Å². The van der Waals surface area contributed by atoms with Crippen molar-refractivity contribution in [3.05, 3.63) is 35.0 Å². The van der Waals surface area contributed by atoms with E-state index in [9.17, 15) is 0 Å². The van der Waals surface area contributed by atoms with Gasteiger partial charge in [0, 0.05) is 27.7 Å². The molecule has 1 heterocycles. The number of H-pyrrole nitrogens is 1. The van der Waals surface area contributed by atoms with Gasteiger partial charge in [0.05, 0.1) is 0 Å². The molecule has 2 aromatic rings. The molecule has 3 heteroatoms. The molecule has 0 aliphatic rings. The summed E-state index contributed by atoms with van der Waals surface area (Å²) >= 11 is 5.94. The second kappa shape index (κ2) is 3.01. The highest BCUT2D eigenvalue weighted by Crippen LogP contribution is 2.28. The normalized spacial score (nSPS) is 12.3. The van der Waals surface area contributed by atoms with E-state index in [0.717, 1.165) is 21.5 Å². The SMILES string of the molecule is CC(C)(N)c1c[nH]c2ccc(Cl)cc12. The molecule has 1 aromatic carbocycles. The van der Waals surface area contributed by atoms with E-state index in [-0.39, 0.29) is 5.54 Å². The third-order valence-corrected chi connectivity index (χ3v) is 2.57. The zero-order valence-corrected chi connectivity index (χ0v) is 9.02. The monoisotopic (exact) mass is 208 g/mol. The van der Waals surface area contributed by atoms with Crippen LogP contribution in [-0.2, 0) is 5.54 Å². The van der Waals surface area contributed by atoms with Crippen LogP contribution in [0.1, 0.15) is 19.4 Å². The molecule has 0 unspecified atom stereocenters. The maximum atomic E-state index is 6.05. The zero-order chi connectivity index (χ0) is 10.3. The molecular formula is C11H13ClN2. The van der Waals surface area contributed by atoms with Crippen molar-refractivity contribution in [1.29, 1.82) is 0 Å². The fourth-order valence-corrected chi connectivity index (χ4v) is 1.80. The Morgan fingerprint density at radius 2 is 2.07 bits per heavy atom. The van der Waals surface area contributed by atoms with Gasteiger partial charge >= 0.3 is 0 Å². The molecular weight excluding hydrogens is 196 g/mol. The summed E-state index contributed by atoms with van der Waals surface area (Å²) < 4.78 is 0. The Morgan fingerprint density at radius 1 is 1.36 bits per heavy atom. The number of benzene rings is 1. The molecule has 0 bridgehead atoms. The Labute approximate surface area is 88.1 Å². The highest BCUT2D eigenvalue weighted by atomic mass is 35.5. The van der Waals surface area contributed by atoms with E-state index in [1.165, 1.54) is 0 Å². The average molecular weight is 209 g/mol. The standard InChI is InChI=1S/C11H13ClN2/c1-11(2,13)9-6-14-10-4-3-7(12)5-8(9)10/h3-6,14H,13H2,1-2H3. The summed E-state index contributed by atoms with van der Waals surface area (Å²) in [4.78, 5) is 3.18. The van der Waals surface area contributed by atoms with Crippen LogP contribution >= 0.6 is 11.6 Å². The van der Waals surface area contributed by atoms with Crippen molar-refractivity contribution in [2.24, 2.45) is 5.73 Å². The minimum Gasteiger partial charge on any atom is -0.361 e. The van der Waals surface area contributed by atoms with Gasteiger partial charge in [-0.05, 0) is 37.6 Å². The van der Waals surface area contributed by atoms with Crippen molar-refractivity contribution in [1.82, 2.24) is 4.98 Å². The van der Waals surface area contributed by atoms with Crippen molar-refractivity contribution in [2.75, 3.05) is 0 Å². The second-order valence-electron chi connectivity index (χ2n) is 4.11. The number of hydrogen-bond acceptors (Lipinski definition) is 1. The van der Waals surface area contributed by atoms with Gasteiger partial charge in [0.25, 0.3) is 0 Å². The number of hydrogen-bond donors (Lipinski definition) is 2. The Hall–Kier alpha value is -0.990. The third-order valence-electron chi connectivity index (χ3n) is 2.34.